The van der Waals surface area contributed by atoms with Gasteiger partial charge in [-0.05, 0) is 61.2 Å². The number of nitrogens with one attached hydrogen (secondary N) is 1. The number of aromatic amines is 1. The summed E-state index contributed by atoms with van der Waals surface area (Å²) in [4.78, 5) is 20.4. The number of methoxy groups -OCH3 is 1. The first-order valence-corrected chi connectivity index (χ1v) is 10.9. The molecule has 1 fully saturated rings. The standard InChI is InChI=1S/C25H30FN3O2/c1-18-22(23-8-5-20(26)17-24(23)27-18)9-10-25(30)29-15-13-28(14-16-29)12-11-19-3-6-21(31-2)7-4-19/h3-8,17,27H,9-16H2,1-2H3. The van der Waals surface area contributed by atoms with Crippen LogP contribution in [-0.4, -0.2) is 60.5 Å². The molecule has 5 nitrogen and oxygen atoms in total. The number of aromatic nitrogens is 1. The molecule has 31 heavy (non-hydrogen) atoms. The second-order valence-corrected chi connectivity index (χ2v) is 8.24. The van der Waals surface area contributed by atoms with E-state index in [-0.39, 0.29) is 11.7 Å². The van der Waals surface area contributed by atoms with Gasteiger partial charge in [-0.15, -0.1) is 0 Å². The molecule has 1 N–H and O–H groups in total. The number of ether oxygens (including phenoxy) is 1. The molecule has 1 aliphatic heterocycles. The van der Waals surface area contributed by atoms with Gasteiger partial charge in [0.2, 0.25) is 5.91 Å². The van der Waals surface area contributed by atoms with Crippen molar-refractivity contribution < 1.29 is 13.9 Å². The Bertz CT molecular complexity index is 1040. The number of hydrogen-bond acceptors (Lipinski definition) is 3. The largest absolute Gasteiger partial charge is 0.497 e. The van der Waals surface area contributed by atoms with E-state index in [0.717, 1.165) is 67.1 Å². The number of benzene rings is 2. The zero-order chi connectivity index (χ0) is 21.8. The third-order valence-electron chi connectivity index (χ3n) is 6.27. The van der Waals surface area contributed by atoms with Crippen molar-refractivity contribution in [2.45, 2.75) is 26.2 Å². The van der Waals surface area contributed by atoms with Crippen LogP contribution in [0.4, 0.5) is 4.39 Å². The average Bonchev–Trinajstić information content (AvgIpc) is 3.10. The highest BCUT2D eigenvalue weighted by Crippen LogP contribution is 2.24. The van der Waals surface area contributed by atoms with E-state index in [2.05, 4.69) is 22.0 Å². The molecule has 0 radical (unpaired) electrons. The van der Waals surface area contributed by atoms with E-state index in [0.29, 0.717) is 12.8 Å². The number of H-pyrrole nitrogens is 1. The summed E-state index contributed by atoms with van der Waals surface area (Å²) in [5, 5.41) is 1.01. The summed E-state index contributed by atoms with van der Waals surface area (Å²) in [7, 11) is 1.68. The molecular weight excluding hydrogens is 393 g/mol. The summed E-state index contributed by atoms with van der Waals surface area (Å²) in [6.07, 6.45) is 2.16. The molecule has 6 heteroatoms. The van der Waals surface area contributed by atoms with Gasteiger partial charge in [-0.25, -0.2) is 4.39 Å². The Kier molecular flexibility index (Phi) is 6.56. The number of nitrogens with zero attached hydrogens (tertiary/aromatic N) is 2. The summed E-state index contributed by atoms with van der Waals surface area (Å²) in [6, 6.07) is 13.0. The van der Waals surface area contributed by atoms with Crippen molar-refractivity contribution in [3.63, 3.8) is 0 Å². The van der Waals surface area contributed by atoms with Gasteiger partial charge in [-0.3, -0.25) is 9.69 Å². The maximum atomic E-state index is 13.5. The summed E-state index contributed by atoms with van der Waals surface area (Å²) in [5.74, 6) is 0.831. The zero-order valence-electron chi connectivity index (χ0n) is 18.3. The number of carbonyl (C=O) groups excluding carboxylic acids is 1. The van der Waals surface area contributed by atoms with E-state index >= 15 is 0 Å². The van der Waals surface area contributed by atoms with Gasteiger partial charge in [0.15, 0.2) is 0 Å². The number of fused-ring (bicyclic) bond motifs is 1. The van der Waals surface area contributed by atoms with Crippen LogP contribution in [0.15, 0.2) is 42.5 Å². The van der Waals surface area contributed by atoms with Crippen LogP contribution in [0.5, 0.6) is 5.75 Å². The highest BCUT2D eigenvalue weighted by Gasteiger charge is 2.21. The fourth-order valence-corrected chi connectivity index (χ4v) is 4.38. The SMILES string of the molecule is COc1ccc(CCN2CCN(C(=O)CCc3c(C)[nH]c4cc(F)ccc34)CC2)cc1. The van der Waals surface area contributed by atoms with Crippen LogP contribution >= 0.6 is 0 Å². The molecule has 3 aromatic rings. The third kappa shape index (κ3) is 5.07. The lowest BCUT2D eigenvalue weighted by Crippen LogP contribution is -2.49. The molecule has 0 spiro atoms. The van der Waals surface area contributed by atoms with Gasteiger partial charge in [-0.1, -0.05) is 12.1 Å². The van der Waals surface area contributed by atoms with Crippen LogP contribution in [0.2, 0.25) is 0 Å². The van der Waals surface area contributed by atoms with Gasteiger partial charge in [0, 0.05) is 55.7 Å². The molecule has 0 atom stereocenters. The lowest BCUT2D eigenvalue weighted by molar-refractivity contribution is -0.132. The van der Waals surface area contributed by atoms with Crippen LogP contribution in [0.3, 0.4) is 0 Å². The van der Waals surface area contributed by atoms with E-state index in [1.807, 2.05) is 24.0 Å². The van der Waals surface area contributed by atoms with Gasteiger partial charge in [0.1, 0.15) is 11.6 Å². The normalized spacial score (nSPS) is 14.9. The smallest absolute Gasteiger partial charge is 0.222 e. The number of hydrogen-bond donors (Lipinski definition) is 1. The number of piperazine rings is 1. The third-order valence-corrected chi connectivity index (χ3v) is 6.27. The predicted octanol–water partition coefficient (Wildman–Crippen LogP) is 3.94. The summed E-state index contributed by atoms with van der Waals surface area (Å²) >= 11 is 0. The molecule has 1 aromatic heterocycles. The summed E-state index contributed by atoms with van der Waals surface area (Å²) < 4.78 is 18.7. The van der Waals surface area contributed by atoms with Gasteiger partial charge < -0.3 is 14.6 Å². The fraction of sp³-hybridized carbons (Fsp3) is 0.400. The second kappa shape index (κ2) is 9.52. The molecular formula is C25H30FN3O2. The Balaban J connectivity index is 1.24. The van der Waals surface area contributed by atoms with Crippen molar-refractivity contribution in [3.05, 3.63) is 65.1 Å². The molecule has 1 saturated heterocycles. The second-order valence-electron chi connectivity index (χ2n) is 8.24. The molecule has 1 aliphatic rings. The van der Waals surface area contributed by atoms with Crippen molar-refractivity contribution in [1.29, 1.82) is 0 Å². The Hall–Kier alpha value is -2.86. The first-order valence-electron chi connectivity index (χ1n) is 10.9. The Morgan fingerprint density at radius 1 is 1.06 bits per heavy atom. The maximum absolute atomic E-state index is 13.5. The van der Waals surface area contributed by atoms with Gasteiger partial charge in [0.05, 0.1) is 7.11 Å². The fourth-order valence-electron chi connectivity index (χ4n) is 4.38. The van der Waals surface area contributed by atoms with E-state index in [4.69, 9.17) is 4.74 Å². The molecule has 0 unspecified atom stereocenters. The highest BCUT2D eigenvalue weighted by atomic mass is 19.1. The molecule has 1 amide bonds. The topological polar surface area (TPSA) is 48.6 Å². The van der Waals surface area contributed by atoms with Gasteiger partial charge >= 0.3 is 0 Å². The Morgan fingerprint density at radius 2 is 1.81 bits per heavy atom. The van der Waals surface area contributed by atoms with Gasteiger partial charge in [0.25, 0.3) is 0 Å². The van der Waals surface area contributed by atoms with E-state index in [1.54, 1.807) is 13.2 Å². The summed E-state index contributed by atoms with van der Waals surface area (Å²) in [5.41, 5.74) is 4.22. The first-order chi connectivity index (χ1) is 15.0. The van der Waals surface area contributed by atoms with Gasteiger partial charge in [-0.2, -0.15) is 0 Å². The number of halogens is 1. The van der Waals surface area contributed by atoms with Crippen molar-refractivity contribution in [2.75, 3.05) is 39.8 Å². The van der Waals surface area contributed by atoms with Crippen LogP contribution < -0.4 is 4.74 Å². The first kappa shape index (κ1) is 21.4. The van der Waals surface area contributed by atoms with Crippen LogP contribution in [0.1, 0.15) is 23.2 Å². The molecule has 0 saturated carbocycles. The number of aryl methyl sites for hydroxylation is 2. The van der Waals surface area contributed by atoms with Crippen molar-refractivity contribution in [3.8, 4) is 5.75 Å². The monoisotopic (exact) mass is 423 g/mol. The average molecular weight is 424 g/mol. The molecule has 0 aliphatic carbocycles. The van der Waals surface area contributed by atoms with Crippen molar-refractivity contribution in [2.24, 2.45) is 0 Å². The maximum Gasteiger partial charge on any atom is 0.222 e. The molecule has 164 valence electrons. The van der Waals surface area contributed by atoms with E-state index in [9.17, 15) is 9.18 Å². The Morgan fingerprint density at radius 3 is 2.52 bits per heavy atom. The minimum absolute atomic E-state index is 0.200. The van der Waals surface area contributed by atoms with Crippen molar-refractivity contribution in [1.82, 2.24) is 14.8 Å². The molecule has 2 aromatic carbocycles. The van der Waals surface area contributed by atoms with Crippen LogP contribution in [0.25, 0.3) is 10.9 Å². The number of rotatable bonds is 7. The lowest BCUT2D eigenvalue weighted by atomic mass is 10.0. The molecule has 0 bridgehead atoms. The van der Waals surface area contributed by atoms with Crippen molar-refractivity contribution >= 4 is 16.8 Å². The minimum Gasteiger partial charge on any atom is -0.497 e. The zero-order valence-corrected chi connectivity index (χ0v) is 18.3. The lowest BCUT2D eigenvalue weighted by Gasteiger charge is -2.34. The highest BCUT2D eigenvalue weighted by molar-refractivity contribution is 5.85. The molecule has 2 heterocycles. The quantitative estimate of drug-likeness (QED) is 0.626. The summed E-state index contributed by atoms with van der Waals surface area (Å²) in [6.45, 7) is 6.36. The van der Waals surface area contributed by atoms with Crippen LogP contribution in [0, 0.1) is 12.7 Å². The number of amides is 1. The predicted molar refractivity (Wildman–Crippen MR) is 121 cm³/mol. The molecule has 4 rings (SSSR count). The van der Waals surface area contributed by atoms with E-state index < -0.39 is 0 Å². The number of carbonyl (C=O) groups is 1. The van der Waals surface area contributed by atoms with Crippen LogP contribution in [-0.2, 0) is 17.6 Å². The van der Waals surface area contributed by atoms with E-state index in [1.165, 1.54) is 17.7 Å². The minimum atomic E-state index is -0.249. The Labute approximate surface area is 182 Å².